The monoisotopic (exact) mass is 547 g/mol. The molecule has 0 bridgehead atoms. The van der Waals surface area contributed by atoms with Crippen LogP contribution in [0.4, 0.5) is 15.8 Å². The van der Waals surface area contributed by atoms with Crippen LogP contribution in [0, 0.1) is 15.9 Å². The molecule has 1 amide bonds. The van der Waals surface area contributed by atoms with Crippen molar-refractivity contribution in [1.82, 2.24) is 14.5 Å². The highest BCUT2D eigenvalue weighted by atomic mass is 32.2. The quantitative estimate of drug-likeness (QED) is 0.104. The zero-order valence-corrected chi connectivity index (χ0v) is 21.8. The van der Waals surface area contributed by atoms with Gasteiger partial charge in [0.15, 0.2) is 5.16 Å². The zero-order chi connectivity index (χ0) is 27.4. The lowest BCUT2D eigenvalue weighted by Crippen LogP contribution is -2.48. The Morgan fingerprint density at radius 2 is 1.72 bits per heavy atom. The molecule has 1 aliphatic heterocycles. The number of thioether (sulfide) groups is 1. The summed E-state index contributed by atoms with van der Waals surface area (Å²) in [5, 5.41) is 11.8. The highest BCUT2D eigenvalue weighted by Crippen LogP contribution is 2.24. The predicted molar refractivity (Wildman–Crippen MR) is 149 cm³/mol. The Hall–Kier alpha value is -4.25. The molecule has 5 rings (SSSR count). The van der Waals surface area contributed by atoms with Gasteiger partial charge in [0, 0.05) is 56.2 Å². The fourth-order valence-electron chi connectivity index (χ4n) is 4.60. The second-order valence-electron chi connectivity index (χ2n) is 9.13. The van der Waals surface area contributed by atoms with Crippen molar-refractivity contribution in [3.63, 3.8) is 0 Å². The molecule has 0 aliphatic carbocycles. The molecule has 0 atom stereocenters. The summed E-state index contributed by atoms with van der Waals surface area (Å²) in [4.78, 5) is 45.2. The number of carbonyl (C=O) groups excluding carboxylic acids is 1. The maximum absolute atomic E-state index is 14.0. The van der Waals surface area contributed by atoms with Crippen LogP contribution >= 0.6 is 11.8 Å². The van der Waals surface area contributed by atoms with E-state index < -0.39 is 10.7 Å². The number of para-hydroxylation sites is 1. The first-order valence-corrected chi connectivity index (χ1v) is 13.6. The number of fused-ring (bicyclic) bond motifs is 1. The highest BCUT2D eigenvalue weighted by molar-refractivity contribution is 7.99. The first-order valence-electron chi connectivity index (χ1n) is 12.6. The number of carbonyl (C=O) groups is 1. The first kappa shape index (κ1) is 26.4. The minimum absolute atomic E-state index is 0.0530. The summed E-state index contributed by atoms with van der Waals surface area (Å²) in [6.45, 7) is 2.46. The average Bonchev–Trinajstić information content (AvgIpc) is 2.95. The van der Waals surface area contributed by atoms with Gasteiger partial charge in [-0.25, -0.2) is 9.37 Å². The number of aromatic nitrogens is 2. The average molecular weight is 548 g/mol. The van der Waals surface area contributed by atoms with Crippen molar-refractivity contribution in [2.45, 2.75) is 18.0 Å². The predicted octanol–water partition coefficient (Wildman–Crippen LogP) is 4.65. The van der Waals surface area contributed by atoms with Gasteiger partial charge < -0.3 is 9.80 Å². The molecule has 0 N–H and O–H groups in total. The number of benzene rings is 3. The molecule has 3 aromatic carbocycles. The lowest BCUT2D eigenvalue weighted by molar-refractivity contribution is -0.384. The number of halogens is 1. The molecule has 0 spiro atoms. The number of amides is 1. The van der Waals surface area contributed by atoms with E-state index in [0.29, 0.717) is 66.5 Å². The van der Waals surface area contributed by atoms with Gasteiger partial charge in [0.1, 0.15) is 5.82 Å². The molecule has 1 aromatic heterocycles. The van der Waals surface area contributed by atoms with E-state index >= 15 is 0 Å². The fourth-order valence-corrected chi connectivity index (χ4v) is 5.55. The van der Waals surface area contributed by atoms with Crippen LogP contribution in [0.5, 0.6) is 0 Å². The van der Waals surface area contributed by atoms with Crippen LogP contribution in [0.2, 0.25) is 0 Å². The van der Waals surface area contributed by atoms with Crippen molar-refractivity contribution in [2.75, 3.05) is 36.8 Å². The molecule has 4 aromatic rings. The Balaban J connectivity index is 1.19. The summed E-state index contributed by atoms with van der Waals surface area (Å²) in [5.41, 5.74) is 1.66. The van der Waals surface area contributed by atoms with Crippen molar-refractivity contribution >= 4 is 39.9 Å². The third kappa shape index (κ3) is 5.93. The molecule has 0 radical (unpaired) electrons. The molecule has 200 valence electrons. The molecule has 1 fully saturated rings. The van der Waals surface area contributed by atoms with Crippen molar-refractivity contribution in [3.05, 3.63) is 99.1 Å². The van der Waals surface area contributed by atoms with E-state index in [9.17, 15) is 24.1 Å². The topological polar surface area (TPSA) is 102 Å². The second-order valence-corrected chi connectivity index (χ2v) is 10.2. The lowest BCUT2D eigenvalue weighted by Gasteiger charge is -2.36. The largest absolute Gasteiger partial charge is 0.368 e. The number of nitrogens with zero attached hydrogens (tertiary/aromatic N) is 5. The van der Waals surface area contributed by atoms with Gasteiger partial charge in [0.2, 0.25) is 5.91 Å². The van der Waals surface area contributed by atoms with Gasteiger partial charge in [0.05, 0.1) is 21.5 Å². The van der Waals surface area contributed by atoms with E-state index in [1.165, 1.54) is 40.6 Å². The summed E-state index contributed by atoms with van der Waals surface area (Å²) in [5.74, 6) is 0.185. The number of rotatable bonds is 8. The molecule has 9 nitrogen and oxygen atoms in total. The number of non-ortho nitro benzene ring substituents is 1. The lowest BCUT2D eigenvalue weighted by atomic mass is 10.2. The van der Waals surface area contributed by atoms with Crippen LogP contribution in [0.1, 0.15) is 12.8 Å². The Bertz CT molecular complexity index is 1570. The molecule has 2 heterocycles. The normalized spacial score (nSPS) is 13.6. The van der Waals surface area contributed by atoms with E-state index in [-0.39, 0.29) is 17.2 Å². The molecular formula is C28H26FN5O4S. The summed E-state index contributed by atoms with van der Waals surface area (Å²) >= 11 is 1.37. The van der Waals surface area contributed by atoms with Crippen LogP contribution in [-0.4, -0.2) is 57.2 Å². The van der Waals surface area contributed by atoms with E-state index in [0.717, 1.165) is 5.69 Å². The van der Waals surface area contributed by atoms with Gasteiger partial charge in [-0.2, -0.15) is 0 Å². The number of piperazine rings is 1. The van der Waals surface area contributed by atoms with E-state index in [1.807, 2.05) is 11.0 Å². The highest BCUT2D eigenvalue weighted by Gasteiger charge is 2.22. The molecular weight excluding hydrogens is 521 g/mol. The Morgan fingerprint density at radius 3 is 2.44 bits per heavy atom. The summed E-state index contributed by atoms with van der Waals surface area (Å²) in [6.07, 6.45) is 0.959. The number of anilines is 1. The second kappa shape index (κ2) is 11.6. The van der Waals surface area contributed by atoms with Crippen LogP contribution in [0.15, 0.2) is 82.7 Å². The number of nitro benzene ring substituents is 1. The minimum Gasteiger partial charge on any atom is -0.368 e. The van der Waals surface area contributed by atoms with Gasteiger partial charge in [0.25, 0.3) is 11.2 Å². The van der Waals surface area contributed by atoms with Crippen LogP contribution < -0.4 is 10.5 Å². The Kier molecular flexibility index (Phi) is 7.87. The summed E-state index contributed by atoms with van der Waals surface area (Å²) in [7, 11) is 0. The molecule has 1 saturated heterocycles. The fraction of sp³-hybridized carbons (Fsp3) is 0.250. The number of hydrogen-bond donors (Lipinski definition) is 0. The Labute approximate surface area is 228 Å². The van der Waals surface area contributed by atoms with Gasteiger partial charge in [-0.05, 0) is 48.9 Å². The van der Waals surface area contributed by atoms with Gasteiger partial charge in [-0.15, -0.1) is 0 Å². The third-order valence-electron chi connectivity index (χ3n) is 6.64. The van der Waals surface area contributed by atoms with Crippen LogP contribution in [-0.2, 0) is 4.79 Å². The first-order chi connectivity index (χ1) is 18.9. The number of nitro groups is 1. The maximum Gasteiger partial charge on any atom is 0.269 e. The molecule has 39 heavy (non-hydrogen) atoms. The maximum atomic E-state index is 14.0. The molecule has 11 heteroatoms. The van der Waals surface area contributed by atoms with Crippen molar-refractivity contribution in [2.24, 2.45) is 0 Å². The van der Waals surface area contributed by atoms with E-state index in [1.54, 1.807) is 42.5 Å². The van der Waals surface area contributed by atoms with Crippen LogP contribution in [0.25, 0.3) is 16.6 Å². The van der Waals surface area contributed by atoms with Gasteiger partial charge in [-0.1, -0.05) is 30.0 Å². The SMILES string of the molecule is O=C(CCCSc1nc2ccccc2c(=O)n1-c1cccc(F)c1)N1CCN(c2ccc([N+](=O)[O-])cc2)CC1. The molecule has 0 unspecified atom stereocenters. The summed E-state index contributed by atoms with van der Waals surface area (Å²) in [6, 6.07) is 19.4. The van der Waals surface area contributed by atoms with Crippen molar-refractivity contribution < 1.29 is 14.1 Å². The van der Waals surface area contributed by atoms with Gasteiger partial charge in [-0.3, -0.25) is 24.3 Å². The van der Waals surface area contributed by atoms with E-state index in [2.05, 4.69) is 9.88 Å². The zero-order valence-electron chi connectivity index (χ0n) is 21.0. The third-order valence-corrected chi connectivity index (χ3v) is 7.66. The van der Waals surface area contributed by atoms with Crippen molar-refractivity contribution in [1.29, 1.82) is 0 Å². The molecule has 0 saturated carbocycles. The minimum atomic E-state index is -0.442. The molecule has 1 aliphatic rings. The van der Waals surface area contributed by atoms with Gasteiger partial charge >= 0.3 is 0 Å². The standard InChI is InChI=1S/C28H26FN5O4S/c29-20-5-3-6-23(19-20)33-27(36)24-7-1-2-8-25(24)30-28(33)39-18-4-9-26(35)32-16-14-31(15-17-32)21-10-12-22(13-11-21)34(37)38/h1-3,5-8,10-13,19H,4,9,14-18H2. The Morgan fingerprint density at radius 1 is 0.974 bits per heavy atom. The van der Waals surface area contributed by atoms with Crippen molar-refractivity contribution in [3.8, 4) is 5.69 Å². The van der Waals surface area contributed by atoms with Crippen LogP contribution in [0.3, 0.4) is 0 Å². The summed E-state index contributed by atoms with van der Waals surface area (Å²) < 4.78 is 15.4. The van der Waals surface area contributed by atoms with E-state index in [4.69, 9.17) is 0 Å². The number of hydrogen-bond acceptors (Lipinski definition) is 7. The smallest absolute Gasteiger partial charge is 0.269 e.